The average Bonchev–Trinajstić information content (AvgIpc) is 3.40. The lowest BCUT2D eigenvalue weighted by molar-refractivity contribution is 0.0535. The van der Waals surface area contributed by atoms with Crippen LogP contribution >= 0.6 is 0 Å². The van der Waals surface area contributed by atoms with Crippen LogP contribution in [0.3, 0.4) is 0 Å². The van der Waals surface area contributed by atoms with Gasteiger partial charge in [0.05, 0.1) is 11.8 Å². The summed E-state index contributed by atoms with van der Waals surface area (Å²) in [5.74, 6) is 0.632. The van der Waals surface area contributed by atoms with Crippen LogP contribution in [0.15, 0.2) is 36.8 Å². The molecule has 1 fully saturated rings. The quantitative estimate of drug-likeness (QED) is 0.639. The molecule has 2 aliphatic heterocycles. The number of hydrogen-bond acceptors (Lipinski definition) is 6. The van der Waals surface area contributed by atoms with Gasteiger partial charge in [-0.2, -0.15) is 5.10 Å². The number of esters is 1. The minimum Gasteiger partial charge on any atom is -0.457 e. The molecule has 0 radical (unpaired) electrons. The Morgan fingerprint density at radius 3 is 2.84 bits per heavy atom. The number of carbonyl (C=O) groups is 1. The van der Waals surface area contributed by atoms with Gasteiger partial charge in [0.2, 0.25) is 0 Å². The molecule has 2 aromatic heterocycles. The van der Waals surface area contributed by atoms with E-state index in [1.807, 2.05) is 23.1 Å². The molecule has 1 aromatic carbocycles. The zero-order valence-electron chi connectivity index (χ0n) is 19.1. The maximum Gasteiger partial charge on any atom is 0.338 e. The molecule has 2 atom stereocenters. The minimum absolute atomic E-state index is 0.211. The van der Waals surface area contributed by atoms with Crippen LogP contribution in [0.5, 0.6) is 0 Å². The van der Waals surface area contributed by atoms with E-state index in [1.54, 1.807) is 0 Å². The molecule has 7 nitrogen and oxygen atoms in total. The van der Waals surface area contributed by atoms with Crippen molar-refractivity contribution < 1.29 is 9.53 Å². The van der Waals surface area contributed by atoms with E-state index in [1.165, 1.54) is 22.3 Å². The van der Waals surface area contributed by atoms with Crippen LogP contribution in [0.4, 0.5) is 0 Å². The van der Waals surface area contributed by atoms with E-state index in [0.717, 1.165) is 36.6 Å². The number of aryl methyl sites for hydroxylation is 2. The molecule has 1 N–H and O–H groups in total. The summed E-state index contributed by atoms with van der Waals surface area (Å²) in [7, 11) is 0. The van der Waals surface area contributed by atoms with Crippen molar-refractivity contribution >= 4 is 5.97 Å². The summed E-state index contributed by atoms with van der Waals surface area (Å²) < 4.78 is 7.09. The first kappa shape index (κ1) is 20.8. The fourth-order valence-electron chi connectivity index (χ4n) is 4.63. The average molecular weight is 432 g/mol. The summed E-state index contributed by atoms with van der Waals surface area (Å²) in [4.78, 5) is 18.9. The Bertz CT molecular complexity index is 1190. The molecule has 7 heteroatoms. The molecule has 4 heterocycles. The number of ether oxygens (including phenoxy) is 1. The van der Waals surface area contributed by atoms with E-state index < -0.39 is 0 Å². The van der Waals surface area contributed by atoms with Crippen molar-refractivity contribution in [3.8, 4) is 5.82 Å². The van der Waals surface area contributed by atoms with E-state index in [4.69, 9.17) is 4.74 Å². The maximum absolute atomic E-state index is 11.9. The third kappa shape index (κ3) is 3.72. The number of cyclic esters (lactones) is 1. The Morgan fingerprint density at radius 1 is 1.19 bits per heavy atom. The van der Waals surface area contributed by atoms with Crippen LogP contribution in [0, 0.1) is 20.8 Å². The highest BCUT2D eigenvalue weighted by Gasteiger charge is 2.30. The van der Waals surface area contributed by atoms with E-state index >= 15 is 0 Å². The molecule has 0 spiro atoms. The molecule has 0 aliphatic carbocycles. The van der Waals surface area contributed by atoms with Crippen LogP contribution < -0.4 is 5.32 Å². The van der Waals surface area contributed by atoms with E-state index in [0.29, 0.717) is 18.2 Å². The fourth-order valence-corrected chi connectivity index (χ4v) is 4.63. The lowest BCUT2D eigenvalue weighted by Crippen LogP contribution is -2.51. The second-order valence-corrected chi connectivity index (χ2v) is 9.04. The summed E-state index contributed by atoms with van der Waals surface area (Å²) in [6.45, 7) is 11.5. The summed E-state index contributed by atoms with van der Waals surface area (Å²) >= 11 is 0. The number of nitrogens with zero attached hydrogens (tertiary/aromatic N) is 4. The first-order valence-electron chi connectivity index (χ1n) is 11.1. The topological polar surface area (TPSA) is 72.3 Å². The molecule has 3 aromatic rings. The van der Waals surface area contributed by atoms with Gasteiger partial charge in [0.15, 0.2) is 5.82 Å². The Labute approximate surface area is 188 Å². The predicted molar refractivity (Wildman–Crippen MR) is 122 cm³/mol. The first-order valence-corrected chi connectivity index (χ1v) is 11.1. The summed E-state index contributed by atoms with van der Waals surface area (Å²) in [6.07, 6.45) is 5.90. The Hall–Kier alpha value is -3.03. The second kappa shape index (κ2) is 8.15. The first-order chi connectivity index (χ1) is 15.4. The summed E-state index contributed by atoms with van der Waals surface area (Å²) in [5, 5.41) is 8.24. The van der Waals surface area contributed by atoms with Gasteiger partial charge in [0.1, 0.15) is 6.61 Å². The number of carbonyl (C=O) groups excluding carboxylic acids is 1. The molecule has 1 saturated heterocycles. The van der Waals surface area contributed by atoms with Crippen molar-refractivity contribution in [1.82, 2.24) is 25.0 Å². The van der Waals surface area contributed by atoms with Crippen LogP contribution in [-0.2, 0) is 17.9 Å². The number of pyridine rings is 1. The third-order valence-electron chi connectivity index (χ3n) is 6.90. The Balaban J connectivity index is 1.33. The summed E-state index contributed by atoms with van der Waals surface area (Å²) in [6, 6.07) is 6.69. The number of aromatic nitrogens is 3. The molecular formula is C25H29N5O2. The van der Waals surface area contributed by atoms with E-state index in [-0.39, 0.29) is 12.0 Å². The van der Waals surface area contributed by atoms with E-state index in [2.05, 4.69) is 66.3 Å². The zero-order chi connectivity index (χ0) is 22.4. The number of rotatable bonds is 4. The molecule has 166 valence electrons. The second-order valence-electron chi connectivity index (χ2n) is 9.04. The van der Waals surface area contributed by atoms with Gasteiger partial charge >= 0.3 is 5.97 Å². The van der Waals surface area contributed by atoms with Crippen molar-refractivity contribution in [1.29, 1.82) is 0 Å². The van der Waals surface area contributed by atoms with Gasteiger partial charge in [-0.3, -0.25) is 4.90 Å². The van der Waals surface area contributed by atoms with Gasteiger partial charge in [-0.25, -0.2) is 14.5 Å². The van der Waals surface area contributed by atoms with Crippen LogP contribution in [0.25, 0.3) is 5.82 Å². The Morgan fingerprint density at radius 2 is 2.03 bits per heavy atom. The highest BCUT2D eigenvalue weighted by molar-refractivity contribution is 5.94. The van der Waals surface area contributed by atoms with Gasteiger partial charge in [-0.15, -0.1) is 0 Å². The van der Waals surface area contributed by atoms with E-state index in [9.17, 15) is 4.79 Å². The normalized spacial score (nSPS) is 20.9. The molecule has 0 bridgehead atoms. The monoisotopic (exact) mass is 431 g/mol. The standard InChI is InChI=1S/C25H29N5O2/c1-15-7-24(27-8-16(15)2)30-12-19(10-28-30)11-29-13-23(26-9-17(29)3)20-5-6-21-22(18(20)4)14-32-25(21)31/h5-8,10,12,17,23,26H,9,11,13-14H2,1-4H3. The maximum atomic E-state index is 11.9. The molecule has 32 heavy (non-hydrogen) atoms. The predicted octanol–water partition coefficient (Wildman–Crippen LogP) is 3.40. The summed E-state index contributed by atoms with van der Waals surface area (Å²) in [5.41, 5.74) is 7.70. The van der Waals surface area contributed by atoms with Gasteiger partial charge in [0.25, 0.3) is 0 Å². The largest absolute Gasteiger partial charge is 0.457 e. The Kier molecular flexibility index (Phi) is 5.31. The number of piperazine rings is 1. The lowest BCUT2D eigenvalue weighted by atomic mass is 9.92. The van der Waals surface area contributed by atoms with Crippen molar-refractivity contribution in [2.45, 2.75) is 52.9 Å². The van der Waals surface area contributed by atoms with Crippen molar-refractivity contribution in [3.05, 3.63) is 75.7 Å². The number of fused-ring (bicyclic) bond motifs is 1. The highest BCUT2D eigenvalue weighted by atomic mass is 16.5. The lowest BCUT2D eigenvalue weighted by Gasteiger charge is -2.39. The molecular weight excluding hydrogens is 402 g/mol. The van der Waals surface area contributed by atoms with Crippen molar-refractivity contribution in [2.24, 2.45) is 0 Å². The van der Waals surface area contributed by atoms with Crippen molar-refractivity contribution in [2.75, 3.05) is 13.1 Å². The van der Waals surface area contributed by atoms with Crippen LogP contribution in [0.2, 0.25) is 0 Å². The van der Waals surface area contributed by atoms with Gasteiger partial charge < -0.3 is 10.1 Å². The number of nitrogens with one attached hydrogen (secondary N) is 1. The SMILES string of the molecule is Cc1cnc(-n2cc(CN3CC(c4ccc5c(c4C)COC5=O)NCC3C)cn2)cc1C. The molecule has 5 rings (SSSR count). The van der Waals surface area contributed by atoms with Crippen LogP contribution in [0.1, 0.15) is 56.7 Å². The molecule has 2 unspecified atom stereocenters. The minimum atomic E-state index is -0.211. The molecule has 0 amide bonds. The highest BCUT2D eigenvalue weighted by Crippen LogP contribution is 2.31. The van der Waals surface area contributed by atoms with Crippen molar-refractivity contribution in [3.63, 3.8) is 0 Å². The fraction of sp³-hybridized carbons (Fsp3) is 0.400. The van der Waals surface area contributed by atoms with Gasteiger partial charge in [-0.05, 0) is 62.1 Å². The molecule has 2 aliphatic rings. The number of hydrogen-bond donors (Lipinski definition) is 1. The smallest absolute Gasteiger partial charge is 0.338 e. The van der Waals surface area contributed by atoms with Gasteiger partial charge in [-0.1, -0.05) is 6.07 Å². The number of benzene rings is 1. The molecule has 0 saturated carbocycles. The van der Waals surface area contributed by atoms with Crippen LogP contribution in [-0.4, -0.2) is 44.8 Å². The zero-order valence-corrected chi connectivity index (χ0v) is 19.1. The third-order valence-corrected chi connectivity index (χ3v) is 6.90. The van der Waals surface area contributed by atoms with Gasteiger partial charge in [0, 0.05) is 55.2 Å².